The molecule has 5 rings (SSSR count). The number of aromatic amines is 1. The Balaban J connectivity index is 1.25. The van der Waals surface area contributed by atoms with E-state index in [1.807, 2.05) is 35.4 Å². The fraction of sp³-hybridized carbons (Fsp3) is 0.409. The first-order valence-electron chi connectivity index (χ1n) is 10.1. The van der Waals surface area contributed by atoms with Crippen LogP contribution in [0.5, 0.6) is 0 Å². The minimum atomic E-state index is -1.07. The van der Waals surface area contributed by atoms with Crippen molar-refractivity contribution in [2.24, 2.45) is 11.8 Å². The normalized spacial score (nSPS) is 24.6. The standard InChI is InChI=1S/C22H25N5O2/c1-26(21-18-7-8-23-20(18)24-13-25-21)17-9-15-11-27(12-16(15)10-17)22(29)19(28)14-5-3-2-4-6-14/h2-8,13,15-17,19,28H,9-12H2,1H3,(H,23,24,25)/t15?,16?,17?,19-/m1/s1. The van der Waals surface area contributed by atoms with Crippen LogP contribution in [0.2, 0.25) is 0 Å². The topological polar surface area (TPSA) is 85.4 Å². The number of hydrogen-bond acceptors (Lipinski definition) is 5. The number of nitrogens with zero attached hydrogens (tertiary/aromatic N) is 4. The second-order valence-electron chi connectivity index (χ2n) is 8.25. The molecule has 2 fully saturated rings. The average Bonchev–Trinajstić information content (AvgIpc) is 3.47. The molecule has 3 heterocycles. The number of hydrogen-bond donors (Lipinski definition) is 2. The number of aliphatic hydroxyl groups excluding tert-OH is 1. The van der Waals surface area contributed by atoms with Crippen molar-refractivity contribution in [1.82, 2.24) is 19.9 Å². The number of likely N-dealkylation sites (tertiary alicyclic amines) is 1. The molecule has 1 saturated heterocycles. The van der Waals surface area contributed by atoms with Gasteiger partial charge >= 0.3 is 0 Å². The molecule has 1 aliphatic heterocycles. The summed E-state index contributed by atoms with van der Waals surface area (Å²) in [7, 11) is 2.10. The number of aromatic nitrogens is 3. The molecule has 7 heteroatoms. The van der Waals surface area contributed by atoms with Crippen molar-refractivity contribution in [1.29, 1.82) is 0 Å². The maximum atomic E-state index is 12.8. The number of carbonyl (C=O) groups is 1. The summed E-state index contributed by atoms with van der Waals surface area (Å²) in [6, 6.07) is 11.6. The quantitative estimate of drug-likeness (QED) is 0.713. The van der Waals surface area contributed by atoms with E-state index in [4.69, 9.17) is 0 Å². The molecule has 0 spiro atoms. The summed E-state index contributed by atoms with van der Waals surface area (Å²) in [5.41, 5.74) is 1.51. The van der Waals surface area contributed by atoms with Gasteiger partial charge < -0.3 is 19.9 Å². The van der Waals surface area contributed by atoms with E-state index >= 15 is 0 Å². The largest absolute Gasteiger partial charge is 0.378 e. The van der Waals surface area contributed by atoms with Crippen molar-refractivity contribution >= 4 is 22.8 Å². The fourth-order valence-corrected chi connectivity index (χ4v) is 5.03. The van der Waals surface area contributed by atoms with E-state index in [0.717, 1.165) is 42.8 Å². The second kappa shape index (κ2) is 7.15. The Labute approximate surface area is 169 Å². The molecule has 2 unspecified atom stereocenters. The Bertz CT molecular complexity index is 1010. The predicted octanol–water partition coefficient (Wildman–Crippen LogP) is 2.36. The lowest BCUT2D eigenvalue weighted by molar-refractivity contribution is -0.139. The van der Waals surface area contributed by atoms with Crippen LogP contribution in [0.15, 0.2) is 48.9 Å². The van der Waals surface area contributed by atoms with Gasteiger partial charge in [-0.1, -0.05) is 30.3 Å². The molecule has 1 saturated carbocycles. The summed E-state index contributed by atoms with van der Waals surface area (Å²) in [6.07, 6.45) is 4.48. The molecule has 0 bridgehead atoms. The van der Waals surface area contributed by atoms with Gasteiger partial charge in [0.25, 0.3) is 5.91 Å². The van der Waals surface area contributed by atoms with Gasteiger partial charge in [0.05, 0.1) is 5.39 Å². The molecule has 1 aromatic carbocycles. The third kappa shape index (κ3) is 3.15. The zero-order valence-corrected chi connectivity index (χ0v) is 16.4. The number of rotatable bonds is 4. The van der Waals surface area contributed by atoms with E-state index < -0.39 is 6.10 Å². The predicted molar refractivity (Wildman–Crippen MR) is 110 cm³/mol. The van der Waals surface area contributed by atoms with Gasteiger partial charge in [-0.25, -0.2) is 9.97 Å². The zero-order valence-electron chi connectivity index (χ0n) is 16.4. The third-order valence-electron chi connectivity index (χ3n) is 6.60. The summed E-state index contributed by atoms with van der Waals surface area (Å²) >= 11 is 0. The van der Waals surface area contributed by atoms with Crippen LogP contribution in [0.4, 0.5) is 5.82 Å². The van der Waals surface area contributed by atoms with Gasteiger partial charge in [-0.05, 0) is 36.3 Å². The van der Waals surface area contributed by atoms with Crippen LogP contribution >= 0.6 is 0 Å². The van der Waals surface area contributed by atoms with Crippen LogP contribution in [-0.2, 0) is 4.79 Å². The molecule has 0 radical (unpaired) electrons. The van der Waals surface area contributed by atoms with E-state index in [-0.39, 0.29) is 5.91 Å². The maximum Gasteiger partial charge on any atom is 0.256 e. The Morgan fingerprint density at radius 2 is 1.90 bits per heavy atom. The first kappa shape index (κ1) is 18.1. The highest BCUT2D eigenvalue weighted by atomic mass is 16.3. The van der Waals surface area contributed by atoms with Gasteiger partial charge in [0.2, 0.25) is 0 Å². The van der Waals surface area contributed by atoms with Crippen LogP contribution in [0.1, 0.15) is 24.5 Å². The summed E-state index contributed by atoms with van der Waals surface area (Å²) in [5.74, 6) is 1.71. The minimum absolute atomic E-state index is 0.180. The average molecular weight is 391 g/mol. The van der Waals surface area contributed by atoms with Crippen molar-refractivity contribution < 1.29 is 9.90 Å². The van der Waals surface area contributed by atoms with E-state index in [9.17, 15) is 9.90 Å². The van der Waals surface area contributed by atoms with Gasteiger partial charge in [-0.2, -0.15) is 0 Å². The molecule has 150 valence electrons. The summed E-state index contributed by atoms with van der Waals surface area (Å²) in [5, 5.41) is 11.5. The number of anilines is 1. The van der Waals surface area contributed by atoms with E-state index in [2.05, 4.69) is 26.9 Å². The molecule has 1 aliphatic carbocycles. The fourth-order valence-electron chi connectivity index (χ4n) is 5.03. The molecule has 3 aromatic rings. The molecule has 2 aromatic heterocycles. The lowest BCUT2D eigenvalue weighted by atomic mass is 10.0. The molecule has 7 nitrogen and oxygen atoms in total. The van der Waals surface area contributed by atoms with Gasteiger partial charge in [0.15, 0.2) is 6.10 Å². The van der Waals surface area contributed by atoms with Crippen LogP contribution < -0.4 is 4.90 Å². The van der Waals surface area contributed by atoms with Crippen LogP contribution in [0.25, 0.3) is 11.0 Å². The first-order chi connectivity index (χ1) is 14.1. The Morgan fingerprint density at radius 3 is 2.62 bits per heavy atom. The van der Waals surface area contributed by atoms with Gasteiger partial charge in [-0.15, -0.1) is 0 Å². The van der Waals surface area contributed by atoms with Crippen LogP contribution in [0.3, 0.4) is 0 Å². The lowest BCUT2D eigenvalue weighted by Crippen LogP contribution is -2.36. The number of carbonyl (C=O) groups excluding carboxylic acids is 1. The summed E-state index contributed by atoms with van der Waals surface area (Å²) < 4.78 is 0. The van der Waals surface area contributed by atoms with Crippen molar-refractivity contribution in [3.8, 4) is 0 Å². The minimum Gasteiger partial charge on any atom is -0.378 e. The number of benzene rings is 1. The maximum absolute atomic E-state index is 12.8. The zero-order chi connectivity index (χ0) is 20.0. The Morgan fingerprint density at radius 1 is 1.17 bits per heavy atom. The van der Waals surface area contributed by atoms with E-state index in [1.165, 1.54) is 0 Å². The molecule has 3 atom stereocenters. The molecule has 29 heavy (non-hydrogen) atoms. The monoisotopic (exact) mass is 391 g/mol. The number of aliphatic hydroxyl groups is 1. The lowest BCUT2D eigenvalue weighted by Gasteiger charge is -2.28. The van der Waals surface area contributed by atoms with Crippen molar-refractivity contribution in [2.45, 2.75) is 25.0 Å². The first-order valence-corrected chi connectivity index (χ1v) is 10.1. The molecule has 2 N–H and O–H groups in total. The van der Waals surface area contributed by atoms with E-state index in [0.29, 0.717) is 23.4 Å². The van der Waals surface area contributed by atoms with E-state index in [1.54, 1.807) is 18.5 Å². The Hall–Kier alpha value is -2.93. The van der Waals surface area contributed by atoms with Gasteiger partial charge in [0.1, 0.15) is 17.8 Å². The van der Waals surface area contributed by atoms with Gasteiger partial charge in [0, 0.05) is 32.4 Å². The third-order valence-corrected chi connectivity index (χ3v) is 6.60. The smallest absolute Gasteiger partial charge is 0.256 e. The van der Waals surface area contributed by atoms with Crippen LogP contribution in [-0.4, -0.2) is 57.0 Å². The molecule has 2 aliphatic rings. The molecular formula is C22H25N5O2. The highest BCUT2D eigenvalue weighted by Gasteiger charge is 2.44. The second-order valence-corrected chi connectivity index (χ2v) is 8.25. The van der Waals surface area contributed by atoms with Crippen molar-refractivity contribution in [3.05, 3.63) is 54.5 Å². The summed E-state index contributed by atoms with van der Waals surface area (Å²) in [6.45, 7) is 1.45. The molecular weight excluding hydrogens is 366 g/mol. The van der Waals surface area contributed by atoms with Crippen molar-refractivity contribution in [3.63, 3.8) is 0 Å². The number of nitrogens with one attached hydrogen (secondary N) is 1. The van der Waals surface area contributed by atoms with Crippen LogP contribution in [0, 0.1) is 11.8 Å². The summed E-state index contributed by atoms with van der Waals surface area (Å²) in [4.78, 5) is 28.8. The number of H-pyrrole nitrogens is 1. The SMILES string of the molecule is CN(c1ncnc2[nH]ccc12)C1CC2CN(C(=O)[C@H](O)c3ccccc3)CC2C1. The number of amides is 1. The highest BCUT2D eigenvalue weighted by molar-refractivity contribution is 5.87. The number of fused-ring (bicyclic) bond motifs is 2. The van der Waals surface area contributed by atoms with Crippen molar-refractivity contribution in [2.75, 3.05) is 25.0 Å². The Kier molecular flexibility index (Phi) is 4.47. The van der Waals surface area contributed by atoms with Gasteiger partial charge in [-0.3, -0.25) is 4.79 Å². The highest BCUT2D eigenvalue weighted by Crippen LogP contribution is 2.42. The molecule has 1 amide bonds.